The lowest BCUT2D eigenvalue weighted by molar-refractivity contribution is -0.257. The van der Waals surface area contributed by atoms with Gasteiger partial charge in [0.1, 0.15) is 11.4 Å². The van der Waals surface area contributed by atoms with Gasteiger partial charge >= 0.3 is 0 Å². The summed E-state index contributed by atoms with van der Waals surface area (Å²) >= 11 is 1.30. The van der Waals surface area contributed by atoms with Crippen molar-refractivity contribution in [2.24, 2.45) is 7.05 Å². The van der Waals surface area contributed by atoms with Crippen LogP contribution in [0, 0.1) is 0 Å². The van der Waals surface area contributed by atoms with E-state index in [0.29, 0.717) is 16.3 Å². The molecule has 2 atom stereocenters. The molecule has 208 valence electrons. The number of ether oxygens (including phenoxy) is 2. The maximum absolute atomic E-state index is 13.6. The van der Waals surface area contributed by atoms with Gasteiger partial charge in [-0.05, 0) is 39.3 Å². The SMILES string of the molecule is CO[C@@]1(NC(=O)Cc2ccc(O)cc2)C(=O)N2C(C(=O)NCc3ccccc3)=C(CSc3nnnn3C)CO[C@@H]21. The average Bonchev–Trinajstić information content (AvgIpc) is 3.38. The highest BCUT2D eigenvalue weighted by Gasteiger charge is 2.67. The quantitative estimate of drug-likeness (QED) is 0.179. The number of rotatable bonds is 10. The largest absolute Gasteiger partial charge is 0.508 e. The Morgan fingerprint density at radius 1 is 1.18 bits per heavy atom. The van der Waals surface area contributed by atoms with Crippen LogP contribution < -0.4 is 10.6 Å². The molecule has 3 amide bonds. The Hall–Kier alpha value is -4.27. The molecule has 0 aliphatic carbocycles. The molecule has 0 bridgehead atoms. The van der Waals surface area contributed by atoms with Crippen LogP contribution in [0.4, 0.5) is 0 Å². The second kappa shape index (κ2) is 11.5. The third-order valence-electron chi connectivity index (χ3n) is 6.53. The van der Waals surface area contributed by atoms with E-state index in [1.165, 1.54) is 40.6 Å². The van der Waals surface area contributed by atoms with Crippen molar-refractivity contribution in [3.8, 4) is 5.75 Å². The molecule has 0 unspecified atom stereocenters. The number of benzene rings is 2. The van der Waals surface area contributed by atoms with Crippen LogP contribution in [0.15, 0.2) is 71.0 Å². The van der Waals surface area contributed by atoms with E-state index in [9.17, 15) is 19.5 Å². The number of phenolic OH excluding ortho intramolecular Hbond substituents is 1. The van der Waals surface area contributed by atoms with E-state index in [0.717, 1.165) is 5.56 Å². The molecule has 0 radical (unpaired) electrons. The van der Waals surface area contributed by atoms with E-state index < -0.39 is 29.7 Å². The number of tetrazole rings is 1. The molecule has 40 heavy (non-hydrogen) atoms. The van der Waals surface area contributed by atoms with Crippen molar-refractivity contribution < 1.29 is 29.0 Å². The molecule has 1 fully saturated rings. The average molecular weight is 566 g/mol. The number of aromatic hydroxyl groups is 1. The highest BCUT2D eigenvalue weighted by molar-refractivity contribution is 7.99. The smallest absolute Gasteiger partial charge is 0.287 e. The number of hydrogen-bond acceptors (Lipinski definition) is 10. The van der Waals surface area contributed by atoms with Gasteiger partial charge < -0.3 is 25.2 Å². The number of nitrogens with one attached hydrogen (secondary N) is 2. The number of thioether (sulfide) groups is 1. The van der Waals surface area contributed by atoms with Crippen LogP contribution in [0.3, 0.4) is 0 Å². The van der Waals surface area contributed by atoms with Gasteiger partial charge in [-0.1, -0.05) is 54.2 Å². The molecular weight excluding hydrogens is 538 g/mol. The minimum absolute atomic E-state index is 0.0137. The van der Waals surface area contributed by atoms with Crippen LogP contribution in [-0.4, -0.2) is 79.4 Å². The van der Waals surface area contributed by atoms with Crippen LogP contribution in [-0.2, 0) is 43.9 Å². The second-order valence-electron chi connectivity index (χ2n) is 9.16. The van der Waals surface area contributed by atoms with Crippen LogP contribution in [0.1, 0.15) is 11.1 Å². The van der Waals surface area contributed by atoms with Gasteiger partial charge in [-0.15, -0.1) is 5.10 Å². The maximum atomic E-state index is 13.6. The molecule has 2 aliphatic rings. The van der Waals surface area contributed by atoms with E-state index in [-0.39, 0.29) is 36.8 Å². The maximum Gasteiger partial charge on any atom is 0.287 e. The summed E-state index contributed by atoms with van der Waals surface area (Å²) < 4.78 is 13.0. The summed E-state index contributed by atoms with van der Waals surface area (Å²) in [5.74, 6) is -1.22. The summed E-state index contributed by atoms with van der Waals surface area (Å²) in [6.45, 7) is 0.267. The van der Waals surface area contributed by atoms with E-state index in [2.05, 4.69) is 26.2 Å². The Bertz CT molecular complexity index is 1450. The number of amides is 3. The van der Waals surface area contributed by atoms with Crippen LogP contribution in [0.2, 0.25) is 0 Å². The molecule has 3 heterocycles. The molecule has 5 rings (SSSR count). The first-order valence-corrected chi connectivity index (χ1v) is 13.3. The van der Waals surface area contributed by atoms with E-state index in [4.69, 9.17) is 9.47 Å². The van der Waals surface area contributed by atoms with Gasteiger partial charge in [0.05, 0.1) is 13.0 Å². The summed E-state index contributed by atoms with van der Waals surface area (Å²) in [4.78, 5) is 41.2. The minimum atomic E-state index is -1.80. The minimum Gasteiger partial charge on any atom is -0.508 e. The van der Waals surface area contributed by atoms with Crippen molar-refractivity contribution in [3.05, 3.63) is 77.0 Å². The number of aromatic nitrogens is 4. The van der Waals surface area contributed by atoms with Crippen LogP contribution in [0.25, 0.3) is 0 Å². The lowest BCUT2D eigenvalue weighted by Crippen LogP contribution is -2.82. The van der Waals surface area contributed by atoms with Crippen molar-refractivity contribution >= 4 is 29.5 Å². The zero-order valence-corrected chi connectivity index (χ0v) is 22.6. The van der Waals surface area contributed by atoms with Gasteiger partial charge in [0.25, 0.3) is 17.5 Å². The van der Waals surface area contributed by atoms with Crippen molar-refractivity contribution in [1.29, 1.82) is 0 Å². The van der Waals surface area contributed by atoms with Gasteiger partial charge in [-0.25, -0.2) is 4.68 Å². The van der Waals surface area contributed by atoms with Crippen molar-refractivity contribution in [3.63, 3.8) is 0 Å². The fourth-order valence-electron chi connectivity index (χ4n) is 4.48. The normalized spacial score (nSPS) is 20.1. The molecule has 14 heteroatoms. The van der Waals surface area contributed by atoms with E-state index in [1.54, 1.807) is 19.2 Å². The summed E-state index contributed by atoms with van der Waals surface area (Å²) in [6.07, 6.45) is -1.12. The van der Waals surface area contributed by atoms with Crippen LogP contribution >= 0.6 is 11.8 Å². The number of carbonyl (C=O) groups is 3. The number of carbonyl (C=O) groups excluding carboxylic acids is 3. The summed E-state index contributed by atoms with van der Waals surface area (Å²) in [7, 11) is 3.00. The highest BCUT2D eigenvalue weighted by atomic mass is 32.2. The molecule has 1 aromatic heterocycles. The molecular formula is C26H27N7O6S. The predicted octanol–water partition coefficient (Wildman–Crippen LogP) is 0.478. The number of phenols is 1. The third-order valence-corrected chi connectivity index (χ3v) is 7.62. The Morgan fingerprint density at radius 3 is 2.60 bits per heavy atom. The number of β-lactam (4-membered cyclic amide) rings is 1. The molecule has 2 aromatic carbocycles. The van der Waals surface area contributed by atoms with Gasteiger partial charge in [0.2, 0.25) is 11.1 Å². The molecule has 13 nitrogen and oxygen atoms in total. The van der Waals surface area contributed by atoms with Gasteiger partial charge in [-0.2, -0.15) is 0 Å². The number of methoxy groups -OCH3 is 1. The first-order chi connectivity index (χ1) is 19.3. The number of fused-ring (bicyclic) bond motifs is 1. The first kappa shape index (κ1) is 27.3. The van der Waals surface area contributed by atoms with Crippen molar-refractivity contribution in [1.82, 2.24) is 35.7 Å². The fraction of sp³-hybridized carbons (Fsp3) is 0.308. The third kappa shape index (κ3) is 5.28. The molecule has 3 N–H and O–H groups in total. The Labute approximate surface area is 233 Å². The predicted molar refractivity (Wildman–Crippen MR) is 141 cm³/mol. The number of hydrogen-bond donors (Lipinski definition) is 3. The summed E-state index contributed by atoms with van der Waals surface area (Å²) in [5, 5.41) is 27.0. The standard InChI is InChI=1S/C26H27N7O6S/c1-32-25(29-30-31-32)40-15-18-14-39-24-26(38-2,28-20(35)12-16-8-10-19(34)11-9-16)23(37)33(24)21(18)22(36)27-13-17-6-4-3-5-7-17/h3-11,24,34H,12-15H2,1-2H3,(H,27,36)(H,28,35)/t24-,26+/m1/s1. The Morgan fingerprint density at radius 2 is 1.93 bits per heavy atom. The number of aryl methyl sites for hydroxylation is 1. The molecule has 0 saturated carbocycles. The molecule has 3 aromatic rings. The van der Waals surface area contributed by atoms with Crippen molar-refractivity contribution in [2.45, 2.75) is 30.1 Å². The van der Waals surface area contributed by atoms with Gasteiger partial charge in [-0.3, -0.25) is 19.3 Å². The van der Waals surface area contributed by atoms with Crippen molar-refractivity contribution in [2.75, 3.05) is 19.5 Å². The highest BCUT2D eigenvalue weighted by Crippen LogP contribution is 2.41. The molecule has 2 aliphatic heterocycles. The lowest BCUT2D eigenvalue weighted by atomic mass is 9.93. The van der Waals surface area contributed by atoms with Crippen LogP contribution in [0.5, 0.6) is 5.75 Å². The topological polar surface area (TPSA) is 161 Å². The monoisotopic (exact) mass is 565 g/mol. The van der Waals surface area contributed by atoms with E-state index >= 15 is 0 Å². The molecule has 1 saturated heterocycles. The number of nitrogens with zero attached hydrogens (tertiary/aromatic N) is 5. The Balaban J connectivity index is 1.37. The fourth-order valence-corrected chi connectivity index (χ4v) is 5.32. The summed E-state index contributed by atoms with van der Waals surface area (Å²) in [5.41, 5.74) is 0.422. The zero-order valence-electron chi connectivity index (χ0n) is 21.7. The van der Waals surface area contributed by atoms with E-state index in [1.807, 2.05) is 30.3 Å². The van der Waals surface area contributed by atoms with Gasteiger partial charge in [0, 0.05) is 26.5 Å². The lowest BCUT2D eigenvalue weighted by Gasteiger charge is -2.55. The Kier molecular flexibility index (Phi) is 7.82. The zero-order chi connectivity index (χ0) is 28.3. The first-order valence-electron chi connectivity index (χ1n) is 12.3. The second-order valence-corrected chi connectivity index (χ2v) is 10.1. The molecule has 0 spiro atoms. The van der Waals surface area contributed by atoms with Gasteiger partial charge in [0.15, 0.2) is 6.23 Å². The summed E-state index contributed by atoms with van der Waals surface area (Å²) in [6, 6.07) is 15.5.